The van der Waals surface area contributed by atoms with Crippen molar-refractivity contribution >= 4 is 0 Å². The van der Waals surface area contributed by atoms with Gasteiger partial charge in [0.2, 0.25) is 0 Å². The van der Waals surface area contributed by atoms with Gasteiger partial charge in [0.1, 0.15) is 6.10 Å². The minimum absolute atomic E-state index is 0.212. The minimum atomic E-state index is -0.731. The molecule has 3 nitrogen and oxygen atoms in total. The second kappa shape index (κ2) is 3.97. The Morgan fingerprint density at radius 2 is 2.06 bits per heavy atom. The van der Waals surface area contributed by atoms with Crippen molar-refractivity contribution in [1.29, 1.82) is 0 Å². The monoisotopic (exact) mass is 228 g/mol. The fourth-order valence-corrected chi connectivity index (χ4v) is 3.66. The molecule has 0 aromatic heterocycles. The molecule has 2 fully saturated rings. The van der Waals surface area contributed by atoms with Crippen LogP contribution in [0.1, 0.15) is 40.0 Å². The summed E-state index contributed by atoms with van der Waals surface area (Å²) in [5, 5.41) is 18.1. The van der Waals surface area contributed by atoms with E-state index in [4.69, 9.17) is 9.84 Å². The Morgan fingerprint density at radius 1 is 1.38 bits per heavy atom. The zero-order valence-electron chi connectivity index (χ0n) is 10.6. The van der Waals surface area contributed by atoms with Crippen molar-refractivity contribution in [3.05, 3.63) is 0 Å². The first-order valence-electron chi connectivity index (χ1n) is 6.32. The largest absolute Gasteiger partial charge is 0.394 e. The van der Waals surface area contributed by atoms with Gasteiger partial charge in [0.25, 0.3) is 0 Å². The molecule has 0 saturated heterocycles. The van der Waals surface area contributed by atoms with Gasteiger partial charge >= 0.3 is 0 Å². The average molecular weight is 228 g/mol. The van der Waals surface area contributed by atoms with Crippen LogP contribution in [0.2, 0.25) is 0 Å². The van der Waals surface area contributed by atoms with Crippen molar-refractivity contribution in [1.82, 2.24) is 0 Å². The summed E-state index contributed by atoms with van der Waals surface area (Å²) in [5.41, 5.74) is 0.592. The molecule has 0 radical (unpaired) electrons. The van der Waals surface area contributed by atoms with Gasteiger partial charge < -0.3 is 14.9 Å². The lowest BCUT2D eigenvalue weighted by Gasteiger charge is -2.39. The molecule has 2 saturated carbocycles. The zero-order valence-corrected chi connectivity index (χ0v) is 10.6. The molecule has 0 spiro atoms. The van der Waals surface area contributed by atoms with Crippen molar-refractivity contribution in [2.24, 2.45) is 16.7 Å². The molecule has 1 unspecified atom stereocenters. The first-order valence-corrected chi connectivity index (χ1v) is 6.32. The Hall–Kier alpha value is -0.120. The van der Waals surface area contributed by atoms with Gasteiger partial charge in [-0.05, 0) is 36.0 Å². The fraction of sp³-hybridized carbons (Fsp3) is 1.00. The van der Waals surface area contributed by atoms with Crippen LogP contribution in [-0.2, 0) is 4.74 Å². The molecule has 16 heavy (non-hydrogen) atoms. The lowest BCUT2D eigenvalue weighted by Crippen LogP contribution is -2.38. The summed E-state index contributed by atoms with van der Waals surface area (Å²) in [4.78, 5) is 0. The minimum Gasteiger partial charge on any atom is -0.394 e. The van der Waals surface area contributed by atoms with Crippen LogP contribution in [0.4, 0.5) is 0 Å². The quantitative estimate of drug-likeness (QED) is 0.768. The van der Waals surface area contributed by atoms with Crippen LogP contribution in [0.3, 0.4) is 0 Å². The maximum atomic E-state index is 9.33. The lowest BCUT2D eigenvalue weighted by atomic mass is 9.70. The van der Waals surface area contributed by atoms with E-state index in [2.05, 4.69) is 20.8 Å². The molecular formula is C13H24O3. The van der Waals surface area contributed by atoms with E-state index in [1.807, 2.05) is 0 Å². The van der Waals surface area contributed by atoms with Crippen LogP contribution in [0, 0.1) is 16.7 Å². The average Bonchev–Trinajstić information content (AvgIpc) is 2.58. The first kappa shape index (κ1) is 12.3. The van der Waals surface area contributed by atoms with E-state index in [1.54, 1.807) is 0 Å². The maximum Gasteiger partial charge on any atom is 0.100 e. The van der Waals surface area contributed by atoms with E-state index in [-0.39, 0.29) is 24.7 Å². The van der Waals surface area contributed by atoms with Gasteiger partial charge in [0.15, 0.2) is 0 Å². The summed E-state index contributed by atoms with van der Waals surface area (Å²) >= 11 is 0. The van der Waals surface area contributed by atoms with Gasteiger partial charge in [-0.15, -0.1) is 0 Å². The number of aliphatic hydroxyl groups is 2. The highest BCUT2D eigenvalue weighted by atomic mass is 16.5. The molecule has 2 N–H and O–H groups in total. The van der Waals surface area contributed by atoms with Gasteiger partial charge in [-0.3, -0.25) is 0 Å². The van der Waals surface area contributed by atoms with E-state index < -0.39 is 6.10 Å². The number of hydrogen-bond donors (Lipinski definition) is 2. The van der Waals surface area contributed by atoms with Crippen LogP contribution in [0.15, 0.2) is 0 Å². The molecule has 4 atom stereocenters. The van der Waals surface area contributed by atoms with Crippen LogP contribution in [-0.4, -0.2) is 35.6 Å². The molecule has 3 heteroatoms. The Kier molecular flexibility index (Phi) is 3.06. The number of ether oxygens (including phenoxy) is 1. The van der Waals surface area contributed by atoms with Crippen molar-refractivity contribution in [2.75, 3.05) is 13.2 Å². The highest BCUT2D eigenvalue weighted by Crippen LogP contribution is 2.66. The summed E-state index contributed by atoms with van der Waals surface area (Å²) in [6, 6.07) is 0. The van der Waals surface area contributed by atoms with Gasteiger partial charge in [0.05, 0.1) is 19.3 Å². The molecule has 94 valence electrons. The second-order valence-electron chi connectivity index (χ2n) is 6.27. The third-order valence-corrected chi connectivity index (χ3v) is 5.41. The number of hydrogen-bond acceptors (Lipinski definition) is 3. The fourth-order valence-electron chi connectivity index (χ4n) is 3.66. The molecule has 0 heterocycles. The molecular weight excluding hydrogens is 204 g/mol. The van der Waals surface area contributed by atoms with Crippen LogP contribution < -0.4 is 0 Å². The molecule has 2 rings (SSSR count). The molecule has 0 aliphatic heterocycles. The van der Waals surface area contributed by atoms with E-state index in [0.717, 1.165) is 12.3 Å². The van der Waals surface area contributed by atoms with E-state index in [1.165, 1.54) is 12.8 Å². The third-order valence-electron chi connectivity index (χ3n) is 5.41. The molecule has 0 amide bonds. The first-order chi connectivity index (χ1) is 7.41. The third kappa shape index (κ3) is 1.60. The Bertz CT molecular complexity index is 264. The topological polar surface area (TPSA) is 49.7 Å². The van der Waals surface area contributed by atoms with Gasteiger partial charge in [-0.1, -0.05) is 20.8 Å². The number of rotatable bonds is 4. The zero-order chi connectivity index (χ0) is 12.0. The summed E-state index contributed by atoms with van der Waals surface area (Å²) in [7, 11) is 0. The lowest BCUT2D eigenvalue weighted by molar-refractivity contribution is -0.0828. The molecule has 2 aliphatic carbocycles. The highest BCUT2D eigenvalue weighted by Gasteiger charge is 2.61. The summed E-state index contributed by atoms with van der Waals surface area (Å²) in [6.45, 7) is 7.05. The summed E-state index contributed by atoms with van der Waals surface area (Å²) in [6.07, 6.45) is 3.17. The molecule has 0 aromatic carbocycles. The predicted molar refractivity (Wildman–Crippen MR) is 62.1 cm³/mol. The van der Waals surface area contributed by atoms with Crippen molar-refractivity contribution in [3.63, 3.8) is 0 Å². The number of fused-ring (bicyclic) bond motifs is 2. The van der Waals surface area contributed by atoms with Gasteiger partial charge in [0, 0.05) is 0 Å². The normalized spacial score (nSPS) is 42.6. The summed E-state index contributed by atoms with van der Waals surface area (Å²) in [5.74, 6) is 0.758. The highest BCUT2D eigenvalue weighted by molar-refractivity contribution is 5.11. The van der Waals surface area contributed by atoms with Crippen LogP contribution >= 0.6 is 0 Å². The number of aliphatic hydroxyl groups excluding tert-OH is 2. The Balaban J connectivity index is 1.99. The Labute approximate surface area is 97.8 Å². The second-order valence-corrected chi connectivity index (χ2v) is 6.27. The molecule has 2 aliphatic rings. The van der Waals surface area contributed by atoms with Crippen LogP contribution in [0.25, 0.3) is 0 Å². The maximum absolute atomic E-state index is 9.33. The van der Waals surface area contributed by atoms with Crippen LogP contribution in [0.5, 0.6) is 0 Å². The van der Waals surface area contributed by atoms with E-state index in [9.17, 15) is 5.11 Å². The molecule has 0 aromatic rings. The van der Waals surface area contributed by atoms with Crippen molar-refractivity contribution in [2.45, 2.75) is 52.2 Å². The van der Waals surface area contributed by atoms with E-state index in [0.29, 0.717) is 5.41 Å². The standard InChI is InChI=1S/C13H24O3/c1-12(2)9-4-5-13(12,3)11(6-9)16-8-10(15)7-14/h9-11,14-15H,4-8H2,1-3H3/t9-,10?,11+,13-/m1/s1. The predicted octanol–water partition coefficient (Wildman–Crippen LogP) is 1.57. The van der Waals surface area contributed by atoms with Gasteiger partial charge in [-0.2, -0.15) is 0 Å². The van der Waals surface area contributed by atoms with Crippen molar-refractivity contribution < 1.29 is 14.9 Å². The Morgan fingerprint density at radius 3 is 2.50 bits per heavy atom. The smallest absolute Gasteiger partial charge is 0.100 e. The molecule has 2 bridgehead atoms. The van der Waals surface area contributed by atoms with Crippen molar-refractivity contribution in [3.8, 4) is 0 Å². The van der Waals surface area contributed by atoms with E-state index >= 15 is 0 Å². The van der Waals surface area contributed by atoms with Gasteiger partial charge in [-0.25, -0.2) is 0 Å². The summed E-state index contributed by atoms with van der Waals surface area (Å²) < 4.78 is 5.82. The SMILES string of the molecule is CC1(C)[C@@H]2CC[C@]1(C)[C@@H](OCC(O)CO)C2.